The lowest BCUT2D eigenvalue weighted by Crippen LogP contribution is -2.20. The van der Waals surface area contributed by atoms with Crippen LogP contribution in [-0.4, -0.2) is 19.2 Å². The molecule has 2 aromatic carbocycles. The van der Waals surface area contributed by atoms with Crippen LogP contribution in [0.25, 0.3) is 16.7 Å². The second-order valence-corrected chi connectivity index (χ2v) is 6.41. The summed E-state index contributed by atoms with van der Waals surface area (Å²) < 4.78 is 4.45. The summed E-state index contributed by atoms with van der Waals surface area (Å²) in [5, 5.41) is 12.4. The third-order valence-electron chi connectivity index (χ3n) is 3.97. The van der Waals surface area contributed by atoms with Crippen LogP contribution in [0, 0.1) is 0 Å². The van der Waals surface area contributed by atoms with Gasteiger partial charge in [-0.3, -0.25) is 13.8 Å². The van der Waals surface area contributed by atoms with Gasteiger partial charge in [0, 0.05) is 17.2 Å². The summed E-state index contributed by atoms with van der Waals surface area (Å²) >= 11 is 3.46. The zero-order chi connectivity index (χ0) is 16.7. The maximum absolute atomic E-state index is 12.4. The summed E-state index contributed by atoms with van der Waals surface area (Å²) in [5.74, 6) is 1.28. The van der Waals surface area contributed by atoms with Crippen LogP contribution in [0.1, 0.15) is 5.82 Å². The maximum atomic E-state index is 12.4. The minimum atomic E-state index is -0.0722. The van der Waals surface area contributed by atoms with Crippen LogP contribution in [0.15, 0.2) is 57.8 Å². The number of aromatic nitrogens is 4. The second kappa shape index (κ2) is 5.76. The summed E-state index contributed by atoms with van der Waals surface area (Å²) in [6.45, 7) is 0.500. The molecule has 120 valence electrons. The van der Waals surface area contributed by atoms with E-state index >= 15 is 0 Å². The Hall–Kier alpha value is -2.67. The van der Waals surface area contributed by atoms with E-state index < -0.39 is 0 Å². The molecule has 4 rings (SSSR count). The highest BCUT2D eigenvalue weighted by Gasteiger charge is 2.14. The monoisotopic (exact) mass is 383 g/mol. The zero-order valence-electron chi connectivity index (χ0n) is 12.9. The number of aryl methyl sites for hydroxylation is 1. The quantitative estimate of drug-likeness (QED) is 0.590. The molecule has 0 spiro atoms. The fourth-order valence-electron chi connectivity index (χ4n) is 2.79. The smallest absolute Gasteiger partial charge is 0.262 e. The summed E-state index contributed by atoms with van der Waals surface area (Å²) in [5.41, 5.74) is 1.72. The fraction of sp³-hybridized carbons (Fsp3) is 0.118. The van der Waals surface area contributed by atoms with E-state index in [2.05, 4.69) is 31.4 Å². The van der Waals surface area contributed by atoms with Crippen molar-refractivity contribution in [1.82, 2.24) is 19.2 Å². The van der Waals surface area contributed by atoms with Crippen molar-refractivity contribution in [2.24, 2.45) is 7.05 Å². The summed E-state index contributed by atoms with van der Waals surface area (Å²) in [6, 6.07) is 15.4. The fourth-order valence-corrected chi connectivity index (χ4v) is 3.19. The van der Waals surface area contributed by atoms with Gasteiger partial charge < -0.3 is 5.32 Å². The van der Waals surface area contributed by atoms with Gasteiger partial charge in [-0.1, -0.05) is 34.1 Å². The summed E-state index contributed by atoms with van der Waals surface area (Å²) in [4.78, 5) is 12.4. The van der Waals surface area contributed by atoms with Gasteiger partial charge in [0.05, 0.1) is 17.4 Å². The molecule has 2 aromatic heterocycles. The molecule has 0 radical (unpaired) electrons. The van der Waals surface area contributed by atoms with Crippen molar-refractivity contribution in [1.29, 1.82) is 0 Å². The average molecular weight is 384 g/mol. The van der Waals surface area contributed by atoms with Gasteiger partial charge in [0.1, 0.15) is 0 Å². The number of halogens is 1. The minimum Gasteiger partial charge on any atom is -0.378 e. The Morgan fingerprint density at radius 2 is 1.96 bits per heavy atom. The van der Waals surface area contributed by atoms with Gasteiger partial charge in [-0.15, -0.1) is 10.2 Å². The SMILES string of the molecule is Cn1c(=O)c2ccccc2n2c(CNc3cccc(Br)c3)nnc12. The highest BCUT2D eigenvalue weighted by atomic mass is 79.9. The molecule has 0 fully saturated rings. The summed E-state index contributed by atoms with van der Waals surface area (Å²) in [6.07, 6.45) is 0. The zero-order valence-corrected chi connectivity index (χ0v) is 14.5. The van der Waals surface area contributed by atoms with Gasteiger partial charge in [-0.2, -0.15) is 0 Å². The Morgan fingerprint density at radius 3 is 2.79 bits per heavy atom. The van der Waals surface area contributed by atoms with Crippen molar-refractivity contribution in [2.45, 2.75) is 6.54 Å². The molecule has 4 aromatic rings. The van der Waals surface area contributed by atoms with Crippen LogP contribution in [0.4, 0.5) is 5.69 Å². The maximum Gasteiger partial charge on any atom is 0.262 e. The standard InChI is InChI=1S/C17H14BrN5O/c1-22-16(24)13-7-2-3-8-14(13)23-15(20-21-17(22)23)10-19-12-6-4-5-11(18)9-12/h2-9,19H,10H2,1H3. The Labute approximate surface area is 145 Å². The van der Waals surface area contributed by atoms with Gasteiger partial charge in [-0.25, -0.2) is 0 Å². The number of rotatable bonds is 3. The molecule has 0 unspecified atom stereocenters. The Kier molecular flexibility index (Phi) is 3.57. The van der Waals surface area contributed by atoms with E-state index in [-0.39, 0.29) is 5.56 Å². The molecule has 0 atom stereocenters. The van der Waals surface area contributed by atoms with E-state index in [1.165, 1.54) is 4.57 Å². The molecule has 0 bridgehead atoms. The number of nitrogens with zero attached hydrogens (tertiary/aromatic N) is 4. The lowest BCUT2D eigenvalue weighted by Gasteiger charge is -2.09. The van der Waals surface area contributed by atoms with E-state index in [0.29, 0.717) is 17.7 Å². The molecule has 0 amide bonds. The number of fused-ring (bicyclic) bond motifs is 3. The molecule has 1 N–H and O–H groups in total. The molecule has 0 aliphatic rings. The van der Waals surface area contributed by atoms with Crippen molar-refractivity contribution in [3.8, 4) is 0 Å². The van der Waals surface area contributed by atoms with E-state index in [1.54, 1.807) is 7.05 Å². The van der Waals surface area contributed by atoms with E-state index in [0.717, 1.165) is 21.5 Å². The van der Waals surface area contributed by atoms with E-state index in [9.17, 15) is 4.79 Å². The Bertz CT molecular complexity index is 1120. The van der Waals surface area contributed by atoms with E-state index in [1.807, 2.05) is 52.9 Å². The first-order valence-corrected chi connectivity index (χ1v) is 8.25. The molecular formula is C17H14BrN5O. The number of nitrogens with one attached hydrogen (secondary N) is 1. The van der Waals surface area contributed by atoms with Gasteiger partial charge in [0.2, 0.25) is 5.78 Å². The molecule has 0 aliphatic carbocycles. The topological polar surface area (TPSA) is 64.2 Å². The molecule has 0 saturated heterocycles. The molecule has 0 aliphatic heterocycles. The molecule has 24 heavy (non-hydrogen) atoms. The highest BCUT2D eigenvalue weighted by Crippen LogP contribution is 2.18. The molecule has 0 saturated carbocycles. The van der Waals surface area contributed by atoms with Crippen LogP contribution in [0.5, 0.6) is 0 Å². The normalized spacial score (nSPS) is 11.2. The Morgan fingerprint density at radius 1 is 1.12 bits per heavy atom. The number of anilines is 1. The Balaban J connectivity index is 1.83. The van der Waals surface area contributed by atoms with Crippen molar-refractivity contribution in [3.63, 3.8) is 0 Å². The number of hydrogen-bond acceptors (Lipinski definition) is 4. The number of benzene rings is 2. The van der Waals surface area contributed by atoms with Crippen LogP contribution in [-0.2, 0) is 13.6 Å². The molecule has 7 heteroatoms. The predicted octanol–water partition coefficient (Wildman–Crippen LogP) is 2.96. The van der Waals surface area contributed by atoms with E-state index in [4.69, 9.17) is 0 Å². The van der Waals surface area contributed by atoms with Gasteiger partial charge >= 0.3 is 0 Å². The van der Waals surface area contributed by atoms with Gasteiger partial charge in [0.15, 0.2) is 5.82 Å². The number of para-hydroxylation sites is 1. The van der Waals surface area contributed by atoms with Crippen molar-refractivity contribution < 1.29 is 0 Å². The highest BCUT2D eigenvalue weighted by molar-refractivity contribution is 9.10. The third kappa shape index (κ3) is 2.37. The van der Waals surface area contributed by atoms with Crippen LogP contribution in [0.3, 0.4) is 0 Å². The molecule has 2 heterocycles. The van der Waals surface area contributed by atoms with Crippen molar-refractivity contribution in [3.05, 3.63) is 69.2 Å². The third-order valence-corrected chi connectivity index (χ3v) is 4.46. The van der Waals surface area contributed by atoms with Crippen molar-refractivity contribution >= 4 is 38.3 Å². The van der Waals surface area contributed by atoms with Crippen LogP contribution >= 0.6 is 15.9 Å². The lowest BCUT2D eigenvalue weighted by atomic mass is 10.2. The molecule has 6 nitrogen and oxygen atoms in total. The van der Waals surface area contributed by atoms with Crippen LogP contribution in [0.2, 0.25) is 0 Å². The second-order valence-electron chi connectivity index (χ2n) is 5.50. The first kappa shape index (κ1) is 14.9. The van der Waals surface area contributed by atoms with Gasteiger partial charge in [-0.05, 0) is 30.3 Å². The van der Waals surface area contributed by atoms with Gasteiger partial charge in [0.25, 0.3) is 5.56 Å². The summed E-state index contributed by atoms with van der Waals surface area (Å²) in [7, 11) is 1.71. The predicted molar refractivity (Wildman–Crippen MR) is 97.2 cm³/mol. The number of hydrogen-bond donors (Lipinski definition) is 1. The van der Waals surface area contributed by atoms with Crippen LogP contribution < -0.4 is 10.9 Å². The minimum absolute atomic E-state index is 0.0722. The first-order chi connectivity index (χ1) is 11.6. The lowest BCUT2D eigenvalue weighted by molar-refractivity contribution is 0.855. The van der Waals surface area contributed by atoms with Crippen molar-refractivity contribution in [2.75, 3.05) is 5.32 Å². The average Bonchev–Trinajstić information content (AvgIpc) is 3.02. The first-order valence-electron chi connectivity index (χ1n) is 7.46. The largest absolute Gasteiger partial charge is 0.378 e. The molecular weight excluding hydrogens is 370 g/mol.